The molecule has 0 bridgehead atoms. The maximum absolute atomic E-state index is 5.16. The third-order valence-electron chi connectivity index (χ3n) is 7.87. The quantitative estimate of drug-likeness (QED) is 0.211. The summed E-state index contributed by atoms with van der Waals surface area (Å²) in [6.45, 7) is 0. The first-order valence-corrected chi connectivity index (χ1v) is 14.1. The smallest absolute Gasteiger partial charge is 0.160 e. The molecule has 42 heavy (non-hydrogen) atoms. The molecule has 196 valence electrons. The maximum atomic E-state index is 5.16. The van der Waals surface area contributed by atoms with Gasteiger partial charge in [-0.25, -0.2) is 15.0 Å². The van der Waals surface area contributed by atoms with E-state index >= 15 is 0 Å². The molecular weight excluding hydrogens is 510 g/mol. The Morgan fingerprint density at radius 1 is 0.357 bits per heavy atom. The van der Waals surface area contributed by atoms with Crippen molar-refractivity contribution in [3.05, 3.63) is 152 Å². The van der Waals surface area contributed by atoms with Gasteiger partial charge in [0.2, 0.25) is 0 Å². The fourth-order valence-corrected chi connectivity index (χ4v) is 5.81. The molecule has 0 fully saturated rings. The van der Waals surface area contributed by atoms with Gasteiger partial charge in [0.1, 0.15) is 0 Å². The lowest BCUT2D eigenvalue weighted by atomic mass is 9.95. The van der Waals surface area contributed by atoms with Gasteiger partial charge < -0.3 is 0 Å². The van der Waals surface area contributed by atoms with E-state index in [1.165, 1.54) is 21.5 Å². The fourth-order valence-electron chi connectivity index (χ4n) is 5.81. The minimum absolute atomic E-state index is 0.698. The van der Waals surface area contributed by atoms with Crippen LogP contribution in [0.25, 0.3) is 77.6 Å². The third-order valence-corrected chi connectivity index (χ3v) is 7.87. The highest BCUT2D eigenvalue weighted by Crippen LogP contribution is 2.37. The Hall–Kier alpha value is -5.67. The van der Waals surface area contributed by atoms with E-state index < -0.39 is 0 Å². The number of hydrogen-bond acceptors (Lipinski definition) is 3. The molecule has 0 aliphatic carbocycles. The molecule has 0 amide bonds. The van der Waals surface area contributed by atoms with Crippen LogP contribution in [-0.4, -0.2) is 15.0 Å². The monoisotopic (exact) mass is 535 g/mol. The number of rotatable bonds is 4. The molecule has 3 nitrogen and oxygen atoms in total. The predicted octanol–water partition coefficient (Wildman–Crippen LogP) is 10.00. The average molecular weight is 536 g/mol. The van der Waals surface area contributed by atoms with Gasteiger partial charge in [0.05, 0.1) is 22.6 Å². The molecular formula is C39H25N3. The van der Waals surface area contributed by atoms with Gasteiger partial charge in [0.25, 0.3) is 0 Å². The maximum Gasteiger partial charge on any atom is 0.160 e. The molecule has 0 saturated carbocycles. The van der Waals surface area contributed by atoms with E-state index in [0.717, 1.165) is 50.2 Å². The van der Waals surface area contributed by atoms with Crippen molar-refractivity contribution in [1.82, 2.24) is 15.0 Å². The summed E-state index contributed by atoms with van der Waals surface area (Å²) in [5.41, 5.74) is 7.92. The highest BCUT2D eigenvalue weighted by atomic mass is 14.9. The van der Waals surface area contributed by atoms with Crippen molar-refractivity contribution in [2.45, 2.75) is 0 Å². The van der Waals surface area contributed by atoms with E-state index in [9.17, 15) is 0 Å². The molecule has 8 rings (SSSR count). The molecule has 8 aromatic rings. The van der Waals surface area contributed by atoms with Gasteiger partial charge in [0, 0.05) is 38.4 Å². The molecule has 0 radical (unpaired) electrons. The van der Waals surface area contributed by atoms with Crippen LogP contribution in [0, 0.1) is 0 Å². The van der Waals surface area contributed by atoms with Crippen LogP contribution in [0.2, 0.25) is 0 Å². The normalized spacial score (nSPS) is 11.3. The van der Waals surface area contributed by atoms with E-state index in [0.29, 0.717) is 5.82 Å². The van der Waals surface area contributed by atoms with Gasteiger partial charge >= 0.3 is 0 Å². The Morgan fingerprint density at radius 2 is 0.929 bits per heavy atom. The SMILES string of the molecule is c1ccc(-c2cc(-c3ccccc3)nc(-c3ccc(-c4nc5ccccc5c5c4ccc4ccccc45)cc3)n2)cc1. The molecule has 0 saturated heterocycles. The fraction of sp³-hybridized carbons (Fsp3) is 0. The summed E-state index contributed by atoms with van der Waals surface area (Å²) in [4.78, 5) is 15.2. The molecule has 0 unspecified atom stereocenters. The Kier molecular flexibility index (Phi) is 5.79. The summed E-state index contributed by atoms with van der Waals surface area (Å²) >= 11 is 0. The third kappa shape index (κ3) is 4.20. The minimum atomic E-state index is 0.698. The first kappa shape index (κ1) is 24.2. The number of aromatic nitrogens is 3. The van der Waals surface area contributed by atoms with Crippen LogP contribution in [0.1, 0.15) is 0 Å². The molecule has 2 aromatic heterocycles. The number of benzene rings is 6. The minimum Gasteiger partial charge on any atom is -0.247 e. The Bertz CT molecular complexity index is 2150. The molecule has 0 N–H and O–H groups in total. The number of fused-ring (bicyclic) bond motifs is 5. The van der Waals surface area contributed by atoms with Crippen LogP contribution >= 0.6 is 0 Å². The lowest BCUT2D eigenvalue weighted by molar-refractivity contribution is 1.18. The van der Waals surface area contributed by atoms with Crippen LogP contribution in [0.3, 0.4) is 0 Å². The summed E-state index contributed by atoms with van der Waals surface area (Å²) < 4.78 is 0. The topological polar surface area (TPSA) is 38.7 Å². The van der Waals surface area contributed by atoms with Crippen molar-refractivity contribution in [2.24, 2.45) is 0 Å². The average Bonchev–Trinajstić information content (AvgIpc) is 3.08. The largest absolute Gasteiger partial charge is 0.247 e. The second kappa shape index (κ2) is 10.1. The van der Waals surface area contributed by atoms with Gasteiger partial charge in [-0.3, -0.25) is 0 Å². The van der Waals surface area contributed by atoms with Gasteiger partial charge in [-0.05, 0) is 22.9 Å². The Balaban J connectivity index is 1.28. The first-order chi connectivity index (χ1) is 20.8. The van der Waals surface area contributed by atoms with Gasteiger partial charge in [-0.1, -0.05) is 140 Å². The van der Waals surface area contributed by atoms with Gasteiger partial charge in [-0.2, -0.15) is 0 Å². The molecule has 2 heterocycles. The zero-order chi connectivity index (χ0) is 27.9. The zero-order valence-electron chi connectivity index (χ0n) is 22.8. The van der Waals surface area contributed by atoms with E-state index in [1.807, 2.05) is 36.4 Å². The lowest BCUT2D eigenvalue weighted by Crippen LogP contribution is -1.96. The van der Waals surface area contributed by atoms with Crippen LogP contribution < -0.4 is 0 Å². The summed E-state index contributed by atoms with van der Waals surface area (Å²) in [6, 6.07) is 52.5. The second-order valence-electron chi connectivity index (χ2n) is 10.5. The summed E-state index contributed by atoms with van der Waals surface area (Å²) in [5.74, 6) is 0.698. The van der Waals surface area contributed by atoms with Crippen molar-refractivity contribution >= 4 is 32.4 Å². The molecule has 0 atom stereocenters. The van der Waals surface area contributed by atoms with Crippen molar-refractivity contribution in [2.75, 3.05) is 0 Å². The van der Waals surface area contributed by atoms with Crippen molar-refractivity contribution in [3.63, 3.8) is 0 Å². The van der Waals surface area contributed by atoms with Crippen molar-refractivity contribution in [1.29, 1.82) is 0 Å². The Morgan fingerprint density at radius 3 is 1.62 bits per heavy atom. The number of nitrogens with zero attached hydrogens (tertiary/aromatic N) is 3. The number of pyridine rings is 1. The second-order valence-corrected chi connectivity index (χ2v) is 10.5. The molecule has 0 spiro atoms. The van der Waals surface area contributed by atoms with E-state index in [1.54, 1.807) is 0 Å². The molecule has 0 aliphatic rings. The first-order valence-electron chi connectivity index (χ1n) is 14.1. The summed E-state index contributed by atoms with van der Waals surface area (Å²) in [7, 11) is 0. The number of hydrogen-bond donors (Lipinski definition) is 0. The van der Waals surface area contributed by atoms with E-state index in [2.05, 4.69) is 115 Å². The van der Waals surface area contributed by atoms with Crippen molar-refractivity contribution < 1.29 is 0 Å². The van der Waals surface area contributed by atoms with Crippen molar-refractivity contribution in [3.8, 4) is 45.2 Å². The van der Waals surface area contributed by atoms with Crippen LogP contribution in [-0.2, 0) is 0 Å². The van der Waals surface area contributed by atoms with Gasteiger partial charge in [0.15, 0.2) is 5.82 Å². The van der Waals surface area contributed by atoms with Gasteiger partial charge in [-0.15, -0.1) is 0 Å². The highest BCUT2D eigenvalue weighted by molar-refractivity contribution is 6.22. The predicted molar refractivity (Wildman–Crippen MR) is 174 cm³/mol. The highest BCUT2D eigenvalue weighted by Gasteiger charge is 2.14. The van der Waals surface area contributed by atoms with E-state index in [4.69, 9.17) is 15.0 Å². The molecule has 3 heteroatoms. The molecule has 6 aromatic carbocycles. The van der Waals surface area contributed by atoms with E-state index in [-0.39, 0.29) is 0 Å². The van der Waals surface area contributed by atoms with Crippen LogP contribution in [0.5, 0.6) is 0 Å². The van der Waals surface area contributed by atoms with Crippen LogP contribution in [0.4, 0.5) is 0 Å². The molecule has 0 aliphatic heterocycles. The lowest BCUT2D eigenvalue weighted by Gasteiger charge is -2.13. The summed E-state index contributed by atoms with van der Waals surface area (Å²) in [6.07, 6.45) is 0. The zero-order valence-corrected chi connectivity index (χ0v) is 22.8. The number of para-hydroxylation sites is 1. The summed E-state index contributed by atoms with van der Waals surface area (Å²) in [5, 5.41) is 6.03. The standard InChI is InChI=1S/C39H25N3/c1-3-12-27(13-4-1)35-25-36(28-14-5-2-6-15-28)42-39(41-35)30-21-19-29(20-22-30)38-33-24-23-26-11-7-8-16-31(26)37(33)32-17-9-10-18-34(32)40-38/h1-25H. The van der Waals surface area contributed by atoms with Crippen LogP contribution in [0.15, 0.2) is 152 Å². The Labute approximate surface area is 243 Å².